The summed E-state index contributed by atoms with van der Waals surface area (Å²) in [6.07, 6.45) is -5.40. The van der Waals surface area contributed by atoms with Crippen molar-refractivity contribution in [2.75, 3.05) is 7.11 Å². The maximum atomic E-state index is 12.8. The van der Waals surface area contributed by atoms with Gasteiger partial charge in [-0.1, -0.05) is 0 Å². The Hall–Kier alpha value is -1.79. The molecule has 0 saturated heterocycles. The molecule has 0 spiro atoms. The molecule has 7 heteroatoms. The fraction of sp³-hybridized carbons (Fsp3) is 0.300. The van der Waals surface area contributed by atoms with E-state index >= 15 is 0 Å². The first-order valence-electron chi connectivity index (χ1n) is 4.43. The fourth-order valence-electron chi connectivity index (χ4n) is 1.14. The lowest BCUT2D eigenvalue weighted by Gasteiger charge is -2.12. The molecule has 1 aromatic carbocycles. The summed E-state index contributed by atoms with van der Waals surface area (Å²) >= 11 is 0. The molecule has 0 unspecified atom stereocenters. The number of benzene rings is 1. The van der Waals surface area contributed by atoms with Crippen LogP contribution in [0.15, 0.2) is 18.2 Å². The van der Waals surface area contributed by atoms with Gasteiger partial charge in [-0.05, 0) is 18.2 Å². The zero-order valence-corrected chi connectivity index (χ0v) is 8.68. The molecule has 1 aromatic rings. The summed E-state index contributed by atoms with van der Waals surface area (Å²) in [7, 11) is 1.08. The van der Waals surface area contributed by atoms with Crippen molar-refractivity contribution >= 4 is 5.97 Å². The van der Waals surface area contributed by atoms with Gasteiger partial charge in [0.15, 0.2) is 0 Å². The summed E-state index contributed by atoms with van der Waals surface area (Å²) in [5, 5.41) is 0. The van der Waals surface area contributed by atoms with Crippen molar-refractivity contribution in [3.63, 3.8) is 0 Å². The minimum atomic E-state index is -4.90. The van der Waals surface area contributed by atoms with Crippen molar-refractivity contribution in [2.24, 2.45) is 0 Å². The molecule has 0 aliphatic rings. The van der Waals surface area contributed by atoms with E-state index < -0.39 is 30.3 Å². The van der Waals surface area contributed by atoms with Gasteiger partial charge >= 0.3 is 12.3 Å². The first-order chi connectivity index (χ1) is 7.81. The molecule has 3 nitrogen and oxygen atoms in total. The van der Waals surface area contributed by atoms with Crippen molar-refractivity contribution in [2.45, 2.75) is 12.8 Å². The average molecular weight is 252 g/mol. The predicted molar refractivity (Wildman–Crippen MR) is 48.8 cm³/mol. The van der Waals surface area contributed by atoms with Gasteiger partial charge in [0.1, 0.15) is 11.6 Å². The van der Waals surface area contributed by atoms with E-state index in [0.717, 1.165) is 25.3 Å². The monoisotopic (exact) mass is 252 g/mol. The van der Waals surface area contributed by atoms with Crippen LogP contribution >= 0.6 is 0 Å². The molecule has 0 aliphatic heterocycles. The van der Waals surface area contributed by atoms with Gasteiger partial charge in [0.2, 0.25) is 0 Å². The Morgan fingerprint density at radius 2 is 2.00 bits per heavy atom. The zero-order valence-electron chi connectivity index (χ0n) is 8.68. The van der Waals surface area contributed by atoms with Crippen molar-refractivity contribution < 1.29 is 31.8 Å². The van der Waals surface area contributed by atoms with Gasteiger partial charge in [-0.25, -0.2) is 4.39 Å². The van der Waals surface area contributed by atoms with Crippen LogP contribution in [0, 0.1) is 5.82 Å². The largest absolute Gasteiger partial charge is 0.573 e. The van der Waals surface area contributed by atoms with Crippen molar-refractivity contribution in [3.8, 4) is 5.75 Å². The Balaban J connectivity index is 2.99. The second kappa shape index (κ2) is 5.03. The third kappa shape index (κ3) is 4.29. The quantitative estimate of drug-likeness (QED) is 0.612. The van der Waals surface area contributed by atoms with Crippen LogP contribution in [0.3, 0.4) is 0 Å². The van der Waals surface area contributed by atoms with Crippen molar-refractivity contribution in [3.05, 3.63) is 29.6 Å². The number of rotatable bonds is 3. The lowest BCUT2D eigenvalue weighted by molar-refractivity contribution is -0.275. The number of methoxy groups -OCH3 is 1. The molecule has 0 fully saturated rings. The Labute approximate surface area is 93.9 Å². The van der Waals surface area contributed by atoms with Crippen LogP contribution < -0.4 is 4.74 Å². The Morgan fingerprint density at radius 1 is 1.35 bits per heavy atom. The van der Waals surface area contributed by atoms with E-state index in [1.54, 1.807) is 0 Å². The molecule has 0 N–H and O–H groups in total. The van der Waals surface area contributed by atoms with Crippen molar-refractivity contribution in [1.29, 1.82) is 0 Å². The number of alkyl halides is 3. The van der Waals surface area contributed by atoms with E-state index in [1.807, 2.05) is 0 Å². The standard InChI is InChI=1S/C10H8F4O3/c1-16-9(15)5-6-4-7(11)2-3-8(6)17-10(12,13)14/h2-4H,5H2,1H3. The van der Waals surface area contributed by atoms with Crippen LogP contribution in [0.2, 0.25) is 0 Å². The molecular weight excluding hydrogens is 244 g/mol. The molecule has 94 valence electrons. The Kier molecular flexibility index (Phi) is 3.93. The molecule has 0 amide bonds. The normalized spacial score (nSPS) is 11.1. The van der Waals surface area contributed by atoms with Gasteiger partial charge in [-0.15, -0.1) is 13.2 Å². The van der Waals surface area contributed by atoms with Crippen LogP contribution in [-0.2, 0) is 16.0 Å². The molecule has 0 saturated carbocycles. The summed E-state index contributed by atoms with van der Waals surface area (Å²) in [5.74, 6) is -2.18. The maximum Gasteiger partial charge on any atom is 0.573 e. The summed E-state index contributed by atoms with van der Waals surface area (Å²) in [6, 6.07) is 2.40. The predicted octanol–water partition coefficient (Wildman–Crippen LogP) is 2.44. The van der Waals surface area contributed by atoms with Crippen LogP contribution in [0.25, 0.3) is 0 Å². The van der Waals surface area contributed by atoms with E-state index in [2.05, 4.69) is 9.47 Å². The highest BCUT2D eigenvalue weighted by Crippen LogP contribution is 2.27. The van der Waals surface area contributed by atoms with E-state index in [0.29, 0.717) is 0 Å². The zero-order chi connectivity index (χ0) is 13.1. The number of hydrogen-bond donors (Lipinski definition) is 0. The van der Waals surface area contributed by atoms with Crippen LogP contribution in [-0.4, -0.2) is 19.4 Å². The highest BCUT2D eigenvalue weighted by atomic mass is 19.4. The lowest BCUT2D eigenvalue weighted by atomic mass is 10.1. The second-order valence-corrected chi connectivity index (χ2v) is 3.05. The van der Waals surface area contributed by atoms with Crippen LogP contribution in [0.1, 0.15) is 5.56 Å². The fourth-order valence-corrected chi connectivity index (χ4v) is 1.14. The molecule has 0 aliphatic carbocycles. The summed E-state index contributed by atoms with van der Waals surface area (Å²) in [6.45, 7) is 0. The number of halogens is 4. The number of esters is 1. The number of hydrogen-bond acceptors (Lipinski definition) is 3. The van der Waals surface area contributed by atoms with Gasteiger partial charge in [0.05, 0.1) is 13.5 Å². The van der Waals surface area contributed by atoms with Crippen molar-refractivity contribution in [1.82, 2.24) is 0 Å². The number of carbonyl (C=O) groups excluding carboxylic acids is 1. The van der Waals surface area contributed by atoms with Crippen LogP contribution in [0.5, 0.6) is 5.75 Å². The minimum absolute atomic E-state index is 0.228. The van der Waals surface area contributed by atoms with E-state index in [1.165, 1.54) is 0 Å². The molecular formula is C10H8F4O3. The molecule has 1 rings (SSSR count). The number of ether oxygens (including phenoxy) is 2. The Morgan fingerprint density at radius 3 is 2.53 bits per heavy atom. The minimum Gasteiger partial charge on any atom is -0.469 e. The Bertz CT molecular complexity index is 415. The highest BCUT2D eigenvalue weighted by Gasteiger charge is 2.32. The lowest BCUT2D eigenvalue weighted by Crippen LogP contribution is -2.19. The summed E-state index contributed by atoms with van der Waals surface area (Å²) in [5.41, 5.74) is -0.228. The first kappa shape index (κ1) is 13.3. The van der Waals surface area contributed by atoms with Gasteiger partial charge in [-0.3, -0.25) is 4.79 Å². The second-order valence-electron chi connectivity index (χ2n) is 3.05. The number of carbonyl (C=O) groups is 1. The smallest absolute Gasteiger partial charge is 0.469 e. The van der Waals surface area contributed by atoms with E-state index in [9.17, 15) is 22.4 Å². The van der Waals surface area contributed by atoms with Gasteiger partial charge in [0, 0.05) is 5.56 Å². The third-order valence-corrected chi connectivity index (χ3v) is 1.81. The average Bonchev–Trinajstić information content (AvgIpc) is 2.20. The highest BCUT2D eigenvalue weighted by molar-refractivity contribution is 5.73. The molecule has 0 bridgehead atoms. The van der Waals surface area contributed by atoms with E-state index in [-0.39, 0.29) is 5.56 Å². The third-order valence-electron chi connectivity index (χ3n) is 1.81. The molecule has 0 atom stereocenters. The van der Waals surface area contributed by atoms with Gasteiger partial charge in [-0.2, -0.15) is 0 Å². The van der Waals surface area contributed by atoms with Gasteiger partial charge < -0.3 is 9.47 Å². The molecule has 0 radical (unpaired) electrons. The SMILES string of the molecule is COC(=O)Cc1cc(F)ccc1OC(F)(F)F. The van der Waals surface area contributed by atoms with Gasteiger partial charge in [0.25, 0.3) is 0 Å². The van der Waals surface area contributed by atoms with Crippen LogP contribution in [0.4, 0.5) is 17.6 Å². The maximum absolute atomic E-state index is 12.8. The summed E-state index contributed by atoms with van der Waals surface area (Å²) < 4.78 is 56.8. The summed E-state index contributed by atoms with van der Waals surface area (Å²) in [4.78, 5) is 10.9. The molecule has 17 heavy (non-hydrogen) atoms. The first-order valence-corrected chi connectivity index (χ1v) is 4.43. The molecule has 0 aromatic heterocycles. The molecule has 0 heterocycles. The topological polar surface area (TPSA) is 35.5 Å². The van der Waals surface area contributed by atoms with E-state index in [4.69, 9.17) is 0 Å².